The van der Waals surface area contributed by atoms with Gasteiger partial charge < -0.3 is 4.90 Å². The smallest absolute Gasteiger partial charge is 0.270 e. The van der Waals surface area contributed by atoms with E-state index in [-0.39, 0.29) is 37.2 Å². The molecule has 34 heavy (non-hydrogen) atoms. The molecular formula is C25H30N4O4S. The number of piperazine rings is 1. The molecule has 1 saturated heterocycles. The van der Waals surface area contributed by atoms with Crippen LogP contribution in [0.25, 0.3) is 5.65 Å². The summed E-state index contributed by atoms with van der Waals surface area (Å²) >= 11 is 0. The number of sulfonamides is 1. The number of rotatable bonds is 3. The van der Waals surface area contributed by atoms with E-state index in [0.29, 0.717) is 10.5 Å². The Kier molecular flexibility index (Phi) is 6.12. The summed E-state index contributed by atoms with van der Waals surface area (Å²) in [4.78, 5) is 31.8. The molecule has 3 aromatic rings. The Hall–Kier alpha value is -3.04. The fourth-order valence-electron chi connectivity index (χ4n) is 4.39. The molecule has 4 rings (SSSR count). The maximum absolute atomic E-state index is 13.5. The predicted octanol–water partition coefficient (Wildman–Crippen LogP) is 2.76. The second-order valence-electron chi connectivity index (χ2n) is 9.79. The summed E-state index contributed by atoms with van der Waals surface area (Å²) in [6.45, 7) is 10.7. The number of aromatic nitrogens is 2. The maximum Gasteiger partial charge on any atom is 0.270 e. The van der Waals surface area contributed by atoms with Gasteiger partial charge in [-0.2, -0.15) is 4.31 Å². The Labute approximate surface area is 199 Å². The third-order valence-corrected chi connectivity index (χ3v) is 8.50. The second-order valence-corrected chi connectivity index (χ2v) is 11.7. The van der Waals surface area contributed by atoms with Crippen LogP contribution < -0.4 is 5.56 Å². The van der Waals surface area contributed by atoms with Crippen LogP contribution in [0.5, 0.6) is 0 Å². The molecule has 8 nitrogen and oxygen atoms in total. The summed E-state index contributed by atoms with van der Waals surface area (Å²) in [5, 5.41) is 0. The zero-order chi connectivity index (χ0) is 24.8. The predicted molar refractivity (Wildman–Crippen MR) is 131 cm³/mol. The monoisotopic (exact) mass is 482 g/mol. The molecule has 1 fully saturated rings. The normalized spacial score (nSPS) is 15.6. The van der Waals surface area contributed by atoms with E-state index >= 15 is 0 Å². The van der Waals surface area contributed by atoms with Crippen molar-refractivity contribution < 1.29 is 13.2 Å². The molecular weight excluding hydrogens is 452 g/mol. The van der Waals surface area contributed by atoms with E-state index in [4.69, 9.17) is 0 Å². The molecule has 2 aromatic heterocycles. The highest BCUT2D eigenvalue weighted by Gasteiger charge is 2.33. The number of benzene rings is 1. The van der Waals surface area contributed by atoms with Gasteiger partial charge in [0.05, 0.1) is 4.90 Å². The quantitative estimate of drug-likeness (QED) is 0.572. The first-order chi connectivity index (χ1) is 15.9. The molecule has 0 aliphatic carbocycles. The Balaban J connectivity index is 1.54. The minimum Gasteiger partial charge on any atom is -0.336 e. The lowest BCUT2D eigenvalue weighted by atomic mass is 9.85. The minimum absolute atomic E-state index is 0.0236. The van der Waals surface area contributed by atoms with E-state index in [1.54, 1.807) is 24.4 Å². The van der Waals surface area contributed by atoms with Gasteiger partial charge in [0.1, 0.15) is 11.2 Å². The van der Waals surface area contributed by atoms with E-state index in [9.17, 15) is 18.0 Å². The summed E-state index contributed by atoms with van der Waals surface area (Å²) in [6, 6.07) is 9.05. The van der Waals surface area contributed by atoms with Crippen molar-refractivity contribution in [2.24, 2.45) is 0 Å². The van der Waals surface area contributed by atoms with Crippen LogP contribution in [0.15, 0.2) is 52.4 Å². The first kappa shape index (κ1) is 24.1. The van der Waals surface area contributed by atoms with Crippen LogP contribution in [-0.2, 0) is 15.4 Å². The van der Waals surface area contributed by atoms with Crippen LogP contribution in [0.4, 0.5) is 0 Å². The van der Waals surface area contributed by atoms with Gasteiger partial charge >= 0.3 is 0 Å². The van der Waals surface area contributed by atoms with Crippen molar-refractivity contribution in [2.45, 2.75) is 44.9 Å². The van der Waals surface area contributed by atoms with Crippen LogP contribution in [0, 0.1) is 13.8 Å². The first-order valence-electron chi connectivity index (χ1n) is 11.3. The van der Waals surface area contributed by atoms with Gasteiger partial charge in [-0.05, 0) is 48.1 Å². The number of pyridine rings is 1. The van der Waals surface area contributed by atoms with Crippen molar-refractivity contribution in [3.8, 4) is 0 Å². The molecule has 0 unspecified atom stereocenters. The fourth-order valence-corrected chi connectivity index (χ4v) is 6.23. The van der Waals surface area contributed by atoms with Gasteiger partial charge in [0.2, 0.25) is 10.0 Å². The lowest BCUT2D eigenvalue weighted by molar-refractivity contribution is 0.0695. The Morgan fingerprint density at radius 1 is 1.00 bits per heavy atom. The van der Waals surface area contributed by atoms with Crippen molar-refractivity contribution in [3.05, 3.63) is 75.3 Å². The van der Waals surface area contributed by atoms with Crippen molar-refractivity contribution in [2.75, 3.05) is 26.2 Å². The third kappa shape index (κ3) is 4.25. The van der Waals surface area contributed by atoms with E-state index in [1.165, 1.54) is 19.8 Å². The molecule has 0 N–H and O–H groups in total. The zero-order valence-corrected chi connectivity index (χ0v) is 21.0. The van der Waals surface area contributed by atoms with Crippen LogP contribution in [-0.4, -0.2) is 59.1 Å². The average molecular weight is 483 g/mol. The molecule has 0 atom stereocenters. The van der Waals surface area contributed by atoms with Crippen molar-refractivity contribution in [1.29, 1.82) is 0 Å². The summed E-state index contributed by atoms with van der Waals surface area (Å²) in [6.07, 6.45) is 2.87. The molecule has 9 heteroatoms. The number of hydrogen-bond donors (Lipinski definition) is 0. The van der Waals surface area contributed by atoms with Crippen LogP contribution >= 0.6 is 0 Å². The number of amides is 1. The van der Waals surface area contributed by atoms with E-state index in [0.717, 1.165) is 16.7 Å². The van der Waals surface area contributed by atoms with Crippen molar-refractivity contribution in [3.63, 3.8) is 0 Å². The van der Waals surface area contributed by atoms with Crippen LogP contribution in [0.3, 0.4) is 0 Å². The third-order valence-electron chi connectivity index (χ3n) is 6.29. The molecule has 3 heterocycles. The summed E-state index contributed by atoms with van der Waals surface area (Å²) in [5.74, 6) is -0.435. The van der Waals surface area contributed by atoms with E-state index in [1.807, 2.05) is 26.0 Å². The molecule has 1 aliphatic rings. The standard InChI is InChI=1S/C25H30N4O4S/c1-17-14-19(25(3,4)5)15-18(2)22(17)34(32,33)28-12-10-27(11-13-28)23(30)20-16-26-21-8-6-7-9-29(21)24(20)31/h6-9,14-16H,10-13H2,1-5H3. The van der Waals surface area contributed by atoms with Crippen molar-refractivity contribution >= 4 is 21.6 Å². The van der Waals surface area contributed by atoms with Gasteiger partial charge in [-0.1, -0.05) is 39.0 Å². The second kappa shape index (κ2) is 8.63. The molecule has 1 amide bonds. The van der Waals surface area contributed by atoms with Gasteiger partial charge in [0.15, 0.2) is 0 Å². The molecule has 1 aliphatic heterocycles. The van der Waals surface area contributed by atoms with Gasteiger partial charge in [-0.3, -0.25) is 14.0 Å². The maximum atomic E-state index is 13.5. The van der Waals surface area contributed by atoms with Crippen LogP contribution in [0.2, 0.25) is 0 Å². The highest BCUT2D eigenvalue weighted by atomic mass is 32.2. The van der Waals surface area contributed by atoms with Gasteiger partial charge in [0, 0.05) is 38.6 Å². The summed E-state index contributed by atoms with van der Waals surface area (Å²) in [7, 11) is -3.72. The van der Waals surface area contributed by atoms with Crippen molar-refractivity contribution in [1.82, 2.24) is 18.6 Å². The van der Waals surface area contributed by atoms with Gasteiger partial charge in [-0.25, -0.2) is 13.4 Å². The number of carbonyl (C=O) groups excluding carboxylic acids is 1. The molecule has 0 spiro atoms. The Morgan fingerprint density at radius 2 is 1.62 bits per heavy atom. The topological polar surface area (TPSA) is 92.1 Å². The molecule has 1 aromatic carbocycles. The fraction of sp³-hybridized carbons (Fsp3) is 0.400. The highest BCUT2D eigenvalue weighted by molar-refractivity contribution is 7.89. The first-order valence-corrected chi connectivity index (χ1v) is 12.7. The lowest BCUT2D eigenvalue weighted by Crippen LogP contribution is -2.51. The zero-order valence-electron chi connectivity index (χ0n) is 20.2. The number of hydrogen-bond acceptors (Lipinski definition) is 5. The van der Waals surface area contributed by atoms with Crippen LogP contribution in [0.1, 0.15) is 47.8 Å². The van der Waals surface area contributed by atoms with Gasteiger partial charge in [0.25, 0.3) is 11.5 Å². The van der Waals surface area contributed by atoms with E-state index in [2.05, 4.69) is 25.8 Å². The molecule has 0 saturated carbocycles. The number of carbonyl (C=O) groups is 1. The highest BCUT2D eigenvalue weighted by Crippen LogP contribution is 2.31. The Morgan fingerprint density at radius 3 is 2.21 bits per heavy atom. The largest absolute Gasteiger partial charge is 0.336 e. The number of aryl methyl sites for hydroxylation is 2. The lowest BCUT2D eigenvalue weighted by Gasteiger charge is -2.34. The minimum atomic E-state index is -3.72. The summed E-state index contributed by atoms with van der Waals surface area (Å²) < 4.78 is 29.8. The number of fused-ring (bicyclic) bond motifs is 1. The summed E-state index contributed by atoms with van der Waals surface area (Å²) in [5.41, 5.74) is 2.45. The molecule has 180 valence electrons. The number of nitrogens with zero attached hydrogens (tertiary/aromatic N) is 4. The van der Waals surface area contributed by atoms with Gasteiger partial charge in [-0.15, -0.1) is 0 Å². The SMILES string of the molecule is Cc1cc(C(C)(C)C)cc(C)c1S(=O)(=O)N1CCN(C(=O)c2cnc3ccccn3c2=O)CC1. The Bertz CT molecular complexity index is 1410. The molecule has 0 bridgehead atoms. The molecule has 0 radical (unpaired) electrons. The van der Waals surface area contributed by atoms with E-state index < -0.39 is 21.5 Å². The average Bonchev–Trinajstić information content (AvgIpc) is 2.78.